The van der Waals surface area contributed by atoms with Gasteiger partial charge in [-0.25, -0.2) is 9.59 Å². The number of carbonyl (C=O) groups excluding carboxylic acids is 2. The van der Waals surface area contributed by atoms with Gasteiger partial charge in [-0.15, -0.1) is 0 Å². The van der Waals surface area contributed by atoms with Crippen molar-refractivity contribution in [2.45, 2.75) is 25.7 Å². The summed E-state index contributed by atoms with van der Waals surface area (Å²) in [6, 6.07) is 6.53. The van der Waals surface area contributed by atoms with Crippen molar-refractivity contribution in [3.63, 3.8) is 0 Å². The molecule has 5 heteroatoms. The van der Waals surface area contributed by atoms with Crippen LogP contribution < -0.4 is 0 Å². The van der Waals surface area contributed by atoms with E-state index in [4.69, 9.17) is 10.2 Å². The van der Waals surface area contributed by atoms with Crippen molar-refractivity contribution in [3.8, 4) is 0 Å². The Hall–Kier alpha value is -1.72. The van der Waals surface area contributed by atoms with E-state index in [1.54, 1.807) is 24.3 Å². The lowest BCUT2D eigenvalue weighted by atomic mass is 9.83. The molecule has 2 N–H and O–H groups in total. The smallest absolute Gasteiger partial charge is 0.346 e. The maximum absolute atomic E-state index is 10.8. The van der Waals surface area contributed by atoms with Crippen LogP contribution in [0.3, 0.4) is 0 Å². The van der Waals surface area contributed by atoms with E-state index in [0.717, 1.165) is 25.7 Å². The Morgan fingerprint density at radius 3 is 1.57 bits per heavy atom. The fourth-order valence-corrected chi connectivity index (χ4v) is 2.63. The number of esters is 2. The minimum Gasteiger partial charge on any atom is -0.396 e. The van der Waals surface area contributed by atoms with Gasteiger partial charge in [0.25, 0.3) is 0 Å². The van der Waals surface area contributed by atoms with Crippen LogP contribution in [0, 0.1) is 11.8 Å². The van der Waals surface area contributed by atoms with Gasteiger partial charge in [0, 0.05) is 13.2 Å². The Morgan fingerprint density at radius 1 is 0.857 bits per heavy atom. The van der Waals surface area contributed by atoms with Gasteiger partial charge in [0.1, 0.15) is 0 Å². The Bertz CT molecular complexity index is 458. The van der Waals surface area contributed by atoms with Crippen molar-refractivity contribution in [2.75, 3.05) is 13.2 Å². The van der Waals surface area contributed by atoms with Crippen LogP contribution in [0.5, 0.6) is 0 Å². The van der Waals surface area contributed by atoms with Gasteiger partial charge in [0.15, 0.2) is 0 Å². The molecular weight excluding hydrogens is 272 g/mol. The van der Waals surface area contributed by atoms with Gasteiger partial charge in [-0.05, 0) is 49.7 Å². The third-order valence-electron chi connectivity index (χ3n) is 4.04. The molecule has 0 spiro atoms. The summed E-state index contributed by atoms with van der Waals surface area (Å²) in [6.07, 6.45) is 4.40. The molecule has 114 valence electrons. The molecule has 1 fully saturated rings. The molecule has 0 unspecified atom stereocenters. The first-order valence-electron chi connectivity index (χ1n) is 7.23. The minimum absolute atomic E-state index is 0.331. The lowest BCUT2D eigenvalue weighted by molar-refractivity contribution is 0.0444. The second kappa shape index (κ2) is 7.33. The van der Waals surface area contributed by atoms with E-state index >= 15 is 0 Å². The van der Waals surface area contributed by atoms with Crippen molar-refractivity contribution in [2.24, 2.45) is 11.8 Å². The van der Waals surface area contributed by atoms with Gasteiger partial charge in [-0.2, -0.15) is 0 Å². The quantitative estimate of drug-likeness (QED) is 0.641. The highest BCUT2D eigenvalue weighted by molar-refractivity contribution is 6.14. The molecule has 21 heavy (non-hydrogen) atoms. The first kappa shape index (κ1) is 15.7. The molecule has 1 heterocycles. The van der Waals surface area contributed by atoms with Gasteiger partial charge in [0.05, 0.1) is 11.1 Å². The average Bonchev–Trinajstić information content (AvgIpc) is 2.83. The number of cyclic esters (lactones) is 2. The maximum atomic E-state index is 10.8. The molecule has 1 aromatic rings. The van der Waals surface area contributed by atoms with Crippen LogP contribution in [-0.2, 0) is 4.74 Å². The lowest BCUT2D eigenvalue weighted by Crippen LogP contribution is -2.19. The van der Waals surface area contributed by atoms with E-state index in [1.807, 2.05) is 0 Å². The molecular formula is C16H20O5. The molecule has 1 aromatic carbocycles. The zero-order valence-corrected chi connectivity index (χ0v) is 11.8. The monoisotopic (exact) mass is 292 g/mol. The number of aliphatic hydroxyl groups excluding tert-OH is 2. The van der Waals surface area contributed by atoms with Gasteiger partial charge >= 0.3 is 11.9 Å². The number of hydrogen-bond donors (Lipinski definition) is 2. The molecule has 0 amide bonds. The van der Waals surface area contributed by atoms with Crippen LogP contribution in [-0.4, -0.2) is 35.4 Å². The summed E-state index contributed by atoms with van der Waals surface area (Å²) in [5, 5.41) is 17.6. The molecule has 3 rings (SSSR count). The van der Waals surface area contributed by atoms with Gasteiger partial charge in [-0.3, -0.25) is 0 Å². The summed E-state index contributed by atoms with van der Waals surface area (Å²) < 4.78 is 4.35. The van der Waals surface area contributed by atoms with Gasteiger partial charge < -0.3 is 14.9 Å². The third-order valence-corrected chi connectivity index (χ3v) is 4.04. The average molecular weight is 292 g/mol. The third kappa shape index (κ3) is 3.89. The summed E-state index contributed by atoms with van der Waals surface area (Å²) in [5.41, 5.74) is 0.718. The van der Waals surface area contributed by atoms with Crippen molar-refractivity contribution in [3.05, 3.63) is 35.4 Å². The molecule has 1 aliphatic carbocycles. The molecule has 1 saturated carbocycles. The van der Waals surface area contributed by atoms with Crippen LogP contribution in [0.2, 0.25) is 0 Å². The lowest BCUT2D eigenvalue weighted by Gasteiger charge is -2.25. The predicted octanol–water partition coefficient (Wildman–Crippen LogP) is 1.77. The van der Waals surface area contributed by atoms with E-state index in [1.165, 1.54) is 0 Å². The van der Waals surface area contributed by atoms with Crippen LogP contribution in [0.25, 0.3) is 0 Å². The maximum Gasteiger partial charge on any atom is 0.346 e. The zero-order chi connectivity index (χ0) is 15.2. The number of benzene rings is 1. The molecule has 0 bridgehead atoms. The summed E-state index contributed by atoms with van der Waals surface area (Å²) >= 11 is 0. The molecule has 0 atom stereocenters. The Balaban J connectivity index is 0.000000155. The standard InChI is InChI=1S/C8H4O3.C8H16O2/c9-7-5-3-1-2-4-6(5)8(10)11-7;9-5-7-1-2-8(6-10)4-3-7/h1-4H;7-10H,1-6H2. The van der Waals surface area contributed by atoms with Crippen molar-refractivity contribution in [1.29, 1.82) is 0 Å². The van der Waals surface area contributed by atoms with Crippen molar-refractivity contribution in [1.82, 2.24) is 0 Å². The van der Waals surface area contributed by atoms with Crippen LogP contribution in [0.1, 0.15) is 46.4 Å². The van der Waals surface area contributed by atoms with Crippen LogP contribution in [0.4, 0.5) is 0 Å². The molecule has 0 aromatic heterocycles. The van der Waals surface area contributed by atoms with E-state index < -0.39 is 11.9 Å². The van der Waals surface area contributed by atoms with E-state index in [2.05, 4.69) is 4.74 Å². The SMILES string of the molecule is O=C1OC(=O)c2ccccc21.OCC1CCC(CO)CC1. The highest BCUT2D eigenvalue weighted by atomic mass is 16.6. The fourth-order valence-electron chi connectivity index (χ4n) is 2.63. The number of aliphatic hydroxyl groups is 2. The van der Waals surface area contributed by atoms with E-state index in [-0.39, 0.29) is 0 Å². The number of carbonyl (C=O) groups is 2. The molecule has 1 aliphatic heterocycles. The Labute approximate surface area is 123 Å². The van der Waals surface area contributed by atoms with Crippen molar-refractivity contribution >= 4 is 11.9 Å². The molecule has 0 radical (unpaired) electrons. The highest BCUT2D eigenvalue weighted by Crippen LogP contribution is 2.27. The summed E-state index contributed by atoms with van der Waals surface area (Å²) in [6.45, 7) is 0.663. The van der Waals surface area contributed by atoms with Crippen LogP contribution in [0.15, 0.2) is 24.3 Å². The minimum atomic E-state index is -0.550. The van der Waals surface area contributed by atoms with E-state index in [9.17, 15) is 9.59 Å². The second-order valence-corrected chi connectivity index (χ2v) is 5.47. The first-order chi connectivity index (χ1) is 10.2. The summed E-state index contributed by atoms with van der Waals surface area (Å²) in [4.78, 5) is 21.7. The van der Waals surface area contributed by atoms with Gasteiger partial charge in [-0.1, -0.05) is 12.1 Å². The number of rotatable bonds is 2. The highest BCUT2D eigenvalue weighted by Gasteiger charge is 2.28. The molecule has 0 saturated heterocycles. The largest absolute Gasteiger partial charge is 0.396 e. The van der Waals surface area contributed by atoms with Crippen LogP contribution >= 0.6 is 0 Å². The molecule has 2 aliphatic rings. The van der Waals surface area contributed by atoms with Gasteiger partial charge in [0.2, 0.25) is 0 Å². The zero-order valence-electron chi connectivity index (χ0n) is 11.8. The summed E-state index contributed by atoms with van der Waals surface area (Å²) in [7, 11) is 0. The Kier molecular flexibility index (Phi) is 5.47. The normalized spacial score (nSPS) is 23.9. The fraction of sp³-hybridized carbons (Fsp3) is 0.500. The van der Waals surface area contributed by atoms with E-state index in [0.29, 0.717) is 36.2 Å². The number of ether oxygens (including phenoxy) is 1. The Morgan fingerprint density at radius 2 is 1.24 bits per heavy atom. The predicted molar refractivity (Wildman–Crippen MR) is 75.8 cm³/mol. The first-order valence-corrected chi connectivity index (χ1v) is 7.23. The topological polar surface area (TPSA) is 83.8 Å². The number of fused-ring (bicyclic) bond motifs is 1. The summed E-state index contributed by atoms with van der Waals surface area (Å²) in [5.74, 6) is -0.0678. The number of hydrogen-bond acceptors (Lipinski definition) is 5. The van der Waals surface area contributed by atoms with Crippen molar-refractivity contribution < 1.29 is 24.5 Å². The second-order valence-electron chi connectivity index (χ2n) is 5.47. The molecule has 5 nitrogen and oxygen atoms in total.